The highest BCUT2D eigenvalue weighted by Gasteiger charge is 2.26. The summed E-state index contributed by atoms with van der Waals surface area (Å²) in [6, 6.07) is 10.3. The molecule has 0 aliphatic heterocycles. The lowest BCUT2D eigenvalue weighted by Gasteiger charge is -2.25. The first kappa shape index (κ1) is 26.1. The van der Waals surface area contributed by atoms with Gasteiger partial charge in [-0.25, -0.2) is 0 Å². The summed E-state index contributed by atoms with van der Waals surface area (Å²) in [6.07, 6.45) is 5.82. The molecule has 2 aromatic heterocycles. The average molecular weight is 474 g/mol. The van der Waals surface area contributed by atoms with Crippen LogP contribution in [0.2, 0.25) is 0 Å². The van der Waals surface area contributed by atoms with E-state index in [4.69, 9.17) is 0 Å². The van der Waals surface area contributed by atoms with Gasteiger partial charge in [0.15, 0.2) is 0 Å². The molecule has 0 bridgehead atoms. The molecule has 0 saturated carbocycles. The number of aromatic nitrogens is 2. The predicted molar refractivity (Wildman–Crippen MR) is 139 cm³/mol. The van der Waals surface area contributed by atoms with Crippen molar-refractivity contribution in [1.29, 1.82) is 0 Å². The van der Waals surface area contributed by atoms with Crippen LogP contribution in [-0.4, -0.2) is 21.2 Å². The molecule has 0 fully saturated rings. The predicted octanol–water partition coefficient (Wildman–Crippen LogP) is 5.26. The van der Waals surface area contributed by atoms with Gasteiger partial charge in [0, 0.05) is 36.6 Å². The number of ketones is 1. The Kier molecular flexibility index (Phi) is 8.39. The summed E-state index contributed by atoms with van der Waals surface area (Å²) in [5.74, 6) is -0.131. The first-order chi connectivity index (χ1) is 16.6. The Hall–Kier alpha value is -3.54. The van der Waals surface area contributed by atoms with E-state index in [0.717, 1.165) is 33.4 Å². The highest BCUT2D eigenvalue weighted by Crippen LogP contribution is 2.29. The van der Waals surface area contributed by atoms with Crippen LogP contribution in [0.3, 0.4) is 0 Å². The minimum Gasteiger partial charge on any atom is -0.347 e. The van der Waals surface area contributed by atoms with Crippen LogP contribution < -0.4 is 10.9 Å². The van der Waals surface area contributed by atoms with Crippen molar-refractivity contribution >= 4 is 11.7 Å². The number of pyridine rings is 2. The number of rotatable bonds is 9. The van der Waals surface area contributed by atoms with Gasteiger partial charge in [-0.05, 0) is 80.0 Å². The molecular formula is C29H35N3O3. The lowest BCUT2D eigenvalue weighted by Crippen LogP contribution is -2.40. The fourth-order valence-electron chi connectivity index (χ4n) is 4.50. The summed E-state index contributed by atoms with van der Waals surface area (Å²) in [5, 5.41) is 3.06. The normalized spacial score (nSPS) is 12.9. The number of hydrogen-bond donors (Lipinski definition) is 1. The molecule has 2 atom stereocenters. The standard InChI is InChI=1S/C29H35N3O3/c1-18(2)12-26(32-11-10-19(3)13-27(32)34)29(35)31-25(14-22(6)33)23-15-24(17-30-16-23)28-20(4)8-7-9-21(28)5/h7-11,13,15-18,25-26H,12,14H2,1-6H3,(H,31,35)/t25-,26?/m1/s1. The van der Waals surface area contributed by atoms with Gasteiger partial charge < -0.3 is 9.88 Å². The van der Waals surface area contributed by atoms with Gasteiger partial charge in [-0.3, -0.25) is 19.4 Å². The molecule has 6 heteroatoms. The van der Waals surface area contributed by atoms with E-state index in [1.54, 1.807) is 18.6 Å². The highest BCUT2D eigenvalue weighted by atomic mass is 16.2. The van der Waals surface area contributed by atoms with E-state index in [1.165, 1.54) is 17.6 Å². The molecule has 3 rings (SSSR count). The molecule has 6 nitrogen and oxygen atoms in total. The van der Waals surface area contributed by atoms with Crippen molar-refractivity contribution in [3.05, 3.63) is 87.6 Å². The molecule has 1 amide bonds. The number of aryl methyl sites for hydroxylation is 3. The van der Waals surface area contributed by atoms with E-state index in [0.29, 0.717) is 6.42 Å². The summed E-state index contributed by atoms with van der Waals surface area (Å²) < 4.78 is 1.48. The first-order valence-electron chi connectivity index (χ1n) is 12.1. The Balaban J connectivity index is 1.98. The molecule has 0 aliphatic carbocycles. The van der Waals surface area contributed by atoms with Gasteiger partial charge in [0.25, 0.3) is 5.56 Å². The highest BCUT2D eigenvalue weighted by molar-refractivity contribution is 5.83. The summed E-state index contributed by atoms with van der Waals surface area (Å²) in [5.41, 5.74) is 5.69. The molecule has 1 unspecified atom stereocenters. The molecule has 35 heavy (non-hydrogen) atoms. The zero-order chi connectivity index (χ0) is 25.7. The van der Waals surface area contributed by atoms with Crippen molar-refractivity contribution in [2.24, 2.45) is 5.92 Å². The number of nitrogens with one attached hydrogen (secondary N) is 1. The van der Waals surface area contributed by atoms with Gasteiger partial charge in [-0.2, -0.15) is 0 Å². The molecule has 0 radical (unpaired) electrons. The quantitative estimate of drug-likeness (QED) is 0.460. The zero-order valence-electron chi connectivity index (χ0n) is 21.5. The fraction of sp³-hybridized carbons (Fsp3) is 0.379. The number of amides is 1. The lowest BCUT2D eigenvalue weighted by atomic mass is 9.94. The molecule has 0 spiro atoms. The van der Waals surface area contributed by atoms with Crippen LogP contribution in [0.4, 0.5) is 0 Å². The number of hydrogen-bond acceptors (Lipinski definition) is 4. The maximum absolute atomic E-state index is 13.5. The number of carbonyl (C=O) groups excluding carboxylic acids is 2. The van der Waals surface area contributed by atoms with E-state index < -0.39 is 12.1 Å². The third kappa shape index (κ3) is 6.53. The van der Waals surface area contributed by atoms with Crippen LogP contribution in [0.15, 0.2) is 59.8 Å². The second kappa shape index (κ2) is 11.3. The Morgan fingerprint density at radius 1 is 1.03 bits per heavy atom. The number of benzene rings is 1. The lowest BCUT2D eigenvalue weighted by molar-refractivity contribution is -0.126. The summed E-state index contributed by atoms with van der Waals surface area (Å²) >= 11 is 0. The van der Waals surface area contributed by atoms with Crippen molar-refractivity contribution in [2.75, 3.05) is 0 Å². The van der Waals surface area contributed by atoms with Crippen molar-refractivity contribution in [3.8, 4) is 11.1 Å². The van der Waals surface area contributed by atoms with Crippen LogP contribution in [0, 0.1) is 26.7 Å². The largest absolute Gasteiger partial charge is 0.347 e. The van der Waals surface area contributed by atoms with Crippen LogP contribution in [0.5, 0.6) is 0 Å². The summed E-state index contributed by atoms with van der Waals surface area (Å²) in [6.45, 7) is 11.5. The molecule has 0 aliphatic rings. The zero-order valence-corrected chi connectivity index (χ0v) is 21.5. The molecule has 3 aromatic rings. The van der Waals surface area contributed by atoms with Gasteiger partial charge in [0.1, 0.15) is 11.8 Å². The van der Waals surface area contributed by atoms with Crippen LogP contribution in [-0.2, 0) is 9.59 Å². The minimum absolute atomic E-state index is 0.0410. The Bertz CT molecular complexity index is 1260. The van der Waals surface area contributed by atoms with Crippen LogP contribution >= 0.6 is 0 Å². The third-order valence-corrected chi connectivity index (χ3v) is 6.18. The van der Waals surface area contributed by atoms with Crippen molar-refractivity contribution in [1.82, 2.24) is 14.9 Å². The third-order valence-electron chi connectivity index (χ3n) is 6.18. The van der Waals surface area contributed by atoms with Crippen LogP contribution in [0.1, 0.15) is 68.0 Å². The van der Waals surface area contributed by atoms with Gasteiger partial charge in [-0.1, -0.05) is 32.0 Å². The second-order valence-electron chi connectivity index (χ2n) is 9.84. The molecule has 1 aromatic carbocycles. The van der Waals surface area contributed by atoms with Crippen LogP contribution in [0.25, 0.3) is 11.1 Å². The smallest absolute Gasteiger partial charge is 0.251 e. The number of Topliss-reactive ketones (excluding diaryl/α,β-unsaturated/α-hetero) is 1. The molecule has 0 saturated heterocycles. The van der Waals surface area contributed by atoms with E-state index >= 15 is 0 Å². The van der Waals surface area contributed by atoms with Gasteiger partial charge in [-0.15, -0.1) is 0 Å². The van der Waals surface area contributed by atoms with Crippen molar-refractivity contribution in [2.45, 2.75) is 66.5 Å². The van der Waals surface area contributed by atoms with E-state index in [9.17, 15) is 14.4 Å². The Labute approximate surface area is 207 Å². The average Bonchev–Trinajstić information content (AvgIpc) is 2.77. The maximum Gasteiger partial charge on any atom is 0.251 e. The first-order valence-corrected chi connectivity index (χ1v) is 12.1. The van der Waals surface area contributed by atoms with Crippen molar-refractivity contribution < 1.29 is 9.59 Å². The van der Waals surface area contributed by atoms with E-state index in [2.05, 4.69) is 36.3 Å². The maximum atomic E-state index is 13.5. The fourth-order valence-corrected chi connectivity index (χ4v) is 4.50. The summed E-state index contributed by atoms with van der Waals surface area (Å²) in [4.78, 5) is 42.8. The van der Waals surface area contributed by atoms with Gasteiger partial charge in [0.05, 0.1) is 6.04 Å². The molecule has 184 valence electrons. The monoisotopic (exact) mass is 473 g/mol. The Morgan fingerprint density at radius 2 is 1.71 bits per heavy atom. The van der Waals surface area contributed by atoms with E-state index in [1.807, 2.05) is 39.0 Å². The Morgan fingerprint density at radius 3 is 2.31 bits per heavy atom. The SMILES string of the molecule is CC(=O)C[C@@H](NC(=O)C(CC(C)C)n1ccc(C)cc1=O)c1cncc(-c2c(C)cccc2C)c1. The second-order valence-corrected chi connectivity index (χ2v) is 9.84. The molecule has 2 heterocycles. The topological polar surface area (TPSA) is 81.1 Å². The number of carbonyl (C=O) groups is 2. The van der Waals surface area contributed by atoms with Crippen molar-refractivity contribution in [3.63, 3.8) is 0 Å². The van der Waals surface area contributed by atoms with E-state index in [-0.39, 0.29) is 29.6 Å². The minimum atomic E-state index is -0.674. The van der Waals surface area contributed by atoms with Gasteiger partial charge >= 0.3 is 0 Å². The summed E-state index contributed by atoms with van der Waals surface area (Å²) in [7, 11) is 0. The molecule has 1 N–H and O–H groups in total. The molecular weight excluding hydrogens is 438 g/mol. The number of nitrogens with zero attached hydrogens (tertiary/aromatic N) is 2. The van der Waals surface area contributed by atoms with Gasteiger partial charge in [0.2, 0.25) is 5.91 Å².